The molecular formula is C10H19N. The molecule has 0 heterocycles. The molecule has 0 fully saturated rings. The second-order valence-corrected chi connectivity index (χ2v) is 2.74. The van der Waals surface area contributed by atoms with Gasteiger partial charge in [0.25, 0.3) is 0 Å². The topological polar surface area (TPSA) is 3.24 Å². The zero-order valence-corrected chi connectivity index (χ0v) is 7.93. The van der Waals surface area contributed by atoms with Crippen LogP contribution in [-0.4, -0.2) is 18.5 Å². The third-order valence-corrected chi connectivity index (χ3v) is 1.63. The highest BCUT2D eigenvalue weighted by molar-refractivity contribution is 5.14. The van der Waals surface area contributed by atoms with Crippen LogP contribution >= 0.6 is 0 Å². The van der Waals surface area contributed by atoms with E-state index in [-0.39, 0.29) is 0 Å². The molecule has 0 aromatic heterocycles. The van der Waals surface area contributed by atoms with Crippen LogP contribution in [0.5, 0.6) is 0 Å². The Hall–Kier alpha value is -0.720. The summed E-state index contributed by atoms with van der Waals surface area (Å²) < 4.78 is 0. The SMILES string of the molecule is C=C/C(=C\N(C)CCC)CC. The third kappa shape index (κ3) is 4.65. The van der Waals surface area contributed by atoms with Crippen LogP contribution in [0.15, 0.2) is 24.4 Å². The van der Waals surface area contributed by atoms with Crippen molar-refractivity contribution >= 4 is 0 Å². The second kappa shape index (κ2) is 6.02. The fourth-order valence-corrected chi connectivity index (χ4v) is 0.989. The van der Waals surface area contributed by atoms with E-state index in [0.717, 1.165) is 13.0 Å². The maximum Gasteiger partial charge on any atom is 0.0166 e. The Morgan fingerprint density at radius 2 is 2.09 bits per heavy atom. The maximum atomic E-state index is 3.75. The van der Waals surface area contributed by atoms with Gasteiger partial charge in [-0.15, -0.1) is 0 Å². The predicted molar refractivity (Wildman–Crippen MR) is 51.5 cm³/mol. The Balaban J connectivity index is 3.91. The molecule has 0 aliphatic heterocycles. The van der Waals surface area contributed by atoms with Crippen molar-refractivity contribution in [3.05, 3.63) is 24.4 Å². The van der Waals surface area contributed by atoms with Gasteiger partial charge in [0.1, 0.15) is 0 Å². The van der Waals surface area contributed by atoms with Gasteiger partial charge in [-0.05, 0) is 18.4 Å². The van der Waals surface area contributed by atoms with Gasteiger partial charge < -0.3 is 4.90 Å². The van der Waals surface area contributed by atoms with E-state index in [9.17, 15) is 0 Å². The molecule has 1 heteroatoms. The maximum absolute atomic E-state index is 3.75. The molecule has 1 nitrogen and oxygen atoms in total. The molecule has 0 radical (unpaired) electrons. The van der Waals surface area contributed by atoms with Crippen molar-refractivity contribution in [2.45, 2.75) is 26.7 Å². The van der Waals surface area contributed by atoms with E-state index in [2.05, 4.69) is 38.6 Å². The summed E-state index contributed by atoms with van der Waals surface area (Å²) in [6, 6.07) is 0. The monoisotopic (exact) mass is 153 g/mol. The molecule has 0 spiro atoms. The highest BCUT2D eigenvalue weighted by atomic mass is 15.1. The summed E-state index contributed by atoms with van der Waals surface area (Å²) in [6.07, 6.45) is 6.35. The lowest BCUT2D eigenvalue weighted by Crippen LogP contribution is -2.11. The van der Waals surface area contributed by atoms with Crippen molar-refractivity contribution < 1.29 is 0 Å². The number of allylic oxidation sites excluding steroid dienone is 2. The molecule has 0 N–H and O–H groups in total. The second-order valence-electron chi connectivity index (χ2n) is 2.74. The molecule has 0 saturated heterocycles. The van der Waals surface area contributed by atoms with E-state index < -0.39 is 0 Å². The first-order valence-corrected chi connectivity index (χ1v) is 4.28. The van der Waals surface area contributed by atoms with Gasteiger partial charge in [-0.25, -0.2) is 0 Å². The number of nitrogens with zero attached hydrogens (tertiary/aromatic N) is 1. The van der Waals surface area contributed by atoms with Crippen molar-refractivity contribution in [1.29, 1.82) is 0 Å². The molecule has 0 amide bonds. The van der Waals surface area contributed by atoms with Crippen LogP contribution < -0.4 is 0 Å². The van der Waals surface area contributed by atoms with Gasteiger partial charge in [0.2, 0.25) is 0 Å². The smallest absolute Gasteiger partial charge is 0.0166 e. The molecule has 64 valence electrons. The third-order valence-electron chi connectivity index (χ3n) is 1.63. The number of rotatable bonds is 5. The van der Waals surface area contributed by atoms with Crippen LogP contribution in [0.4, 0.5) is 0 Å². The van der Waals surface area contributed by atoms with Crippen LogP contribution in [0.3, 0.4) is 0 Å². The Morgan fingerprint density at radius 1 is 1.45 bits per heavy atom. The molecule has 0 saturated carbocycles. The normalized spacial score (nSPS) is 11.4. The van der Waals surface area contributed by atoms with Gasteiger partial charge in [-0.1, -0.05) is 26.5 Å². The van der Waals surface area contributed by atoms with Gasteiger partial charge in [0, 0.05) is 19.8 Å². The van der Waals surface area contributed by atoms with Crippen LogP contribution in [-0.2, 0) is 0 Å². The average Bonchev–Trinajstić information content (AvgIpc) is 2.01. The Bertz CT molecular complexity index is 136. The van der Waals surface area contributed by atoms with Crippen molar-refractivity contribution in [2.75, 3.05) is 13.6 Å². The lowest BCUT2D eigenvalue weighted by atomic mass is 10.2. The minimum atomic E-state index is 1.07. The number of hydrogen-bond donors (Lipinski definition) is 0. The molecule has 0 bridgehead atoms. The highest BCUT2D eigenvalue weighted by Crippen LogP contribution is 2.02. The van der Waals surface area contributed by atoms with Gasteiger partial charge in [0.05, 0.1) is 0 Å². The molecular weight excluding hydrogens is 134 g/mol. The number of hydrogen-bond acceptors (Lipinski definition) is 1. The molecule has 0 aliphatic carbocycles. The van der Waals surface area contributed by atoms with Gasteiger partial charge in [-0.2, -0.15) is 0 Å². The van der Waals surface area contributed by atoms with E-state index in [1.807, 2.05) is 6.08 Å². The summed E-state index contributed by atoms with van der Waals surface area (Å²) in [5.41, 5.74) is 1.31. The lowest BCUT2D eigenvalue weighted by Gasteiger charge is -2.13. The molecule has 0 atom stereocenters. The van der Waals surface area contributed by atoms with Crippen LogP contribution in [0.2, 0.25) is 0 Å². The predicted octanol–water partition coefficient (Wildman–Crippen LogP) is 2.81. The molecule has 0 aliphatic rings. The minimum Gasteiger partial charge on any atom is -0.380 e. The first-order chi connectivity index (χ1) is 5.24. The Labute approximate surface area is 70.4 Å². The van der Waals surface area contributed by atoms with E-state index in [1.165, 1.54) is 12.0 Å². The molecule has 0 unspecified atom stereocenters. The largest absolute Gasteiger partial charge is 0.380 e. The van der Waals surface area contributed by atoms with Gasteiger partial charge >= 0.3 is 0 Å². The minimum absolute atomic E-state index is 1.07. The molecule has 0 aromatic rings. The van der Waals surface area contributed by atoms with Crippen molar-refractivity contribution in [3.8, 4) is 0 Å². The van der Waals surface area contributed by atoms with E-state index in [4.69, 9.17) is 0 Å². The Morgan fingerprint density at radius 3 is 2.45 bits per heavy atom. The fourth-order valence-electron chi connectivity index (χ4n) is 0.989. The quantitative estimate of drug-likeness (QED) is 0.549. The van der Waals surface area contributed by atoms with Crippen LogP contribution in [0.25, 0.3) is 0 Å². The highest BCUT2D eigenvalue weighted by Gasteiger charge is 1.90. The summed E-state index contributed by atoms with van der Waals surface area (Å²) in [7, 11) is 2.10. The summed E-state index contributed by atoms with van der Waals surface area (Å²) in [5.74, 6) is 0. The van der Waals surface area contributed by atoms with Gasteiger partial charge in [0.15, 0.2) is 0 Å². The lowest BCUT2D eigenvalue weighted by molar-refractivity contribution is 0.451. The van der Waals surface area contributed by atoms with Crippen molar-refractivity contribution in [1.82, 2.24) is 4.90 Å². The summed E-state index contributed by atoms with van der Waals surface area (Å²) >= 11 is 0. The van der Waals surface area contributed by atoms with Crippen molar-refractivity contribution in [2.24, 2.45) is 0 Å². The zero-order chi connectivity index (χ0) is 8.69. The summed E-state index contributed by atoms with van der Waals surface area (Å²) in [5, 5.41) is 0. The molecule has 0 rings (SSSR count). The summed E-state index contributed by atoms with van der Waals surface area (Å²) in [6.45, 7) is 9.20. The average molecular weight is 153 g/mol. The summed E-state index contributed by atoms with van der Waals surface area (Å²) in [4.78, 5) is 2.21. The first-order valence-electron chi connectivity index (χ1n) is 4.28. The molecule has 0 aromatic carbocycles. The molecule has 11 heavy (non-hydrogen) atoms. The Kier molecular flexibility index (Phi) is 5.63. The van der Waals surface area contributed by atoms with Crippen LogP contribution in [0, 0.1) is 0 Å². The van der Waals surface area contributed by atoms with Crippen molar-refractivity contribution in [3.63, 3.8) is 0 Å². The fraction of sp³-hybridized carbons (Fsp3) is 0.600. The van der Waals surface area contributed by atoms with Crippen LogP contribution in [0.1, 0.15) is 26.7 Å². The van der Waals surface area contributed by atoms with E-state index >= 15 is 0 Å². The zero-order valence-electron chi connectivity index (χ0n) is 7.93. The van der Waals surface area contributed by atoms with Gasteiger partial charge in [-0.3, -0.25) is 0 Å². The van der Waals surface area contributed by atoms with E-state index in [1.54, 1.807) is 0 Å². The standard InChI is InChI=1S/C10H19N/c1-5-8-11(4)9-10(6-2)7-3/h6,9H,2,5,7-8H2,1,3-4H3/b10-9+. The first kappa shape index (κ1) is 10.3. The van der Waals surface area contributed by atoms with E-state index in [0.29, 0.717) is 0 Å².